The van der Waals surface area contributed by atoms with Crippen LogP contribution in [0.1, 0.15) is 37.0 Å². The Balaban J connectivity index is 1.63. The molecule has 1 aromatic rings. The van der Waals surface area contributed by atoms with E-state index in [-0.39, 0.29) is 36.1 Å². The molecule has 24 heavy (non-hydrogen) atoms. The number of nitrogens with one attached hydrogen (secondary N) is 2. The maximum Gasteiger partial charge on any atom is 0.252 e. The Bertz CT molecular complexity index is 589. The highest BCUT2D eigenvalue weighted by Crippen LogP contribution is 2.20. The van der Waals surface area contributed by atoms with Crippen LogP contribution in [-0.2, 0) is 9.59 Å². The van der Waals surface area contributed by atoms with Crippen molar-refractivity contribution in [1.82, 2.24) is 20.5 Å². The standard InChI is InChI=1S/C17H24N4O3/c1-12(2)21-11-14(9-15(21)22)17(24)20-8-4-7-19-16(23)13-5-3-6-18-10-13/h3,5-6,10,12,14H,4,7-9,11H2,1-2H3,(H,19,23)(H,20,24). The summed E-state index contributed by atoms with van der Waals surface area (Å²) in [6.45, 7) is 5.32. The quantitative estimate of drug-likeness (QED) is 0.714. The molecule has 1 aromatic heterocycles. The van der Waals surface area contributed by atoms with Gasteiger partial charge in [-0.05, 0) is 32.4 Å². The summed E-state index contributed by atoms with van der Waals surface area (Å²) in [4.78, 5) is 41.3. The van der Waals surface area contributed by atoms with E-state index in [1.54, 1.807) is 23.2 Å². The Morgan fingerprint density at radius 1 is 1.33 bits per heavy atom. The smallest absolute Gasteiger partial charge is 0.252 e. The zero-order valence-corrected chi connectivity index (χ0v) is 14.1. The summed E-state index contributed by atoms with van der Waals surface area (Å²) < 4.78 is 0. The van der Waals surface area contributed by atoms with Crippen LogP contribution in [0.5, 0.6) is 0 Å². The molecule has 2 N–H and O–H groups in total. The fraction of sp³-hybridized carbons (Fsp3) is 0.529. The number of carbonyl (C=O) groups is 3. The highest BCUT2D eigenvalue weighted by molar-refractivity contribution is 5.93. The van der Waals surface area contributed by atoms with Crippen molar-refractivity contribution in [1.29, 1.82) is 0 Å². The Kier molecular flexibility index (Phi) is 6.28. The molecule has 2 heterocycles. The summed E-state index contributed by atoms with van der Waals surface area (Å²) in [6, 6.07) is 3.53. The molecule has 1 fully saturated rings. The number of hydrogen-bond donors (Lipinski definition) is 2. The van der Waals surface area contributed by atoms with Crippen LogP contribution in [0.25, 0.3) is 0 Å². The van der Waals surface area contributed by atoms with Crippen LogP contribution in [-0.4, -0.2) is 53.3 Å². The molecule has 0 radical (unpaired) electrons. The molecule has 3 amide bonds. The first kappa shape index (κ1) is 17.9. The third-order valence-corrected chi connectivity index (χ3v) is 4.01. The molecule has 0 saturated carbocycles. The predicted molar refractivity (Wildman–Crippen MR) is 89.2 cm³/mol. The van der Waals surface area contributed by atoms with Gasteiger partial charge in [0.2, 0.25) is 11.8 Å². The lowest BCUT2D eigenvalue weighted by atomic mass is 10.1. The van der Waals surface area contributed by atoms with Crippen LogP contribution < -0.4 is 10.6 Å². The van der Waals surface area contributed by atoms with E-state index >= 15 is 0 Å². The highest BCUT2D eigenvalue weighted by Gasteiger charge is 2.35. The largest absolute Gasteiger partial charge is 0.356 e. The highest BCUT2D eigenvalue weighted by atomic mass is 16.2. The van der Waals surface area contributed by atoms with Crippen molar-refractivity contribution < 1.29 is 14.4 Å². The fourth-order valence-electron chi connectivity index (χ4n) is 2.65. The van der Waals surface area contributed by atoms with Gasteiger partial charge in [-0.25, -0.2) is 0 Å². The number of aromatic nitrogens is 1. The van der Waals surface area contributed by atoms with Crippen molar-refractivity contribution in [2.75, 3.05) is 19.6 Å². The molecular weight excluding hydrogens is 308 g/mol. The summed E-state index contributed by atoms with van der Waals surface area (Å²) in [7, 11) is 0. The number of nitrogens with zero attached hydrogens (tertiary/aromatic N) is 2. The molecule has 1 saturated heterocycles. The Labute approximate surface area is 141 Å². The van der Waals surface area contributed by atoms with Gasteiger partial charge in [0.1, 0.15) is 0 Å². The van der Waals surface area contributed by atoms with Gasteiger partial charge in [-0.1, -0.05) is 0 Å². The number of pyridine rings is 1. The summed E-state index contributed by atoms with van der Waals surface area (Å²) in [5.41, 5.74) is 0.514. The van der Waals surface area contributed by atoms with E-state index in [0.29, 0.717) is 31.6 Å². The van der Waals surface area contributed by atoms with Gasteiger partial charge in [0, 0.05) is 44.5 Å². The summed E-state index contributed by atoms with van der Waals surface area (Å²) >= 11 is 0. The molecule has 2 rings (SSSR count). The van der Waals surface area contributed by atoms with Crippen LogP contribution in [0.4, 0.5) is 0 Å². The van der Waals surface area contributed by atoms with Gasteiger partial charge in [0.15, 0.2) is 0 Å². The minimum atomic E-state index is -0.273. The molecular formula is C17H24N4O3. The van der Waals surface area contributed by atoms with Crippen LogP contribution in [0.15, 0.2) is 24.5 Å². The molecule has 7 nitrogen and oxygen atoms in total. The van der Waals surface area contributed by atoms with Gasteiger partial charge in [-0.15, -0.1) is 0 Å². The van der Waals surface area contributed by atoms with Gasteiger partial charge < -0.3 is 15.5 Å². The summed E-state index contributed by atoms with van der Waals surface area (Å²) in [5, 5.41) is 5.62. The van der Waals surface area contributed by atoms with E-state index in [0.717, 1.165) is 0 Å². The Morgan fingerprint density at radius 3 is 2.71 bits per heavy atom. The second-order valence-corrected chi connectivity index (χ2v) is 6.18. The van der Waals surface area contributed by atoms with Gasteiger partial charge in [-0.3, -0.25) is 19.4 Å². The minimum absolute atomic E-state index is 0.0360. The van der Waals surface area contributed by atoms with E-state index in [2.05, 4.69) is 15.6 Å². The topological polar surface area (TPSA) is 91.4 Å². The van der Waals surface area contributed by atoms with Crippen molar-refractivity contribution in [3.8, 4) is 0 Å². The zero-order valence-electron chi connectivity index (χ0n) is 14.1. The average molecular weight is 332 g/mol. The van der Waals surface area contributed by atoms with E-state index in [1.165, 1.54) is 6.20 Å². The zero-order chi connectivity index (χ0) is 17.5. The third kappa shape index (κ3) is 4.78. The second kappa shape index (κ2) is 8.42. The lowest BCUT2D eigenvalue weighted by Crippen LogP contribution is -2.36. The van der Waals surface area contributed by atoms with Crippen molar-refractivity contribution in [2.45, 2.75) is 32.7 Å². The maximum absolute atomic E-state index is 12.1. The van der Waals surface area contributed by atoms with Gasteiger partial charge >= 0.3 is 0 Å². The SMILES string of the molecule is CC(C)N1CC(C(=O)NCCCNC(=O)c2cccnc2)CC1=O. The monoisotopic (exact) mass is 332 g/mol. The molecule has 0 aliphatic carbocycles. The first-order valence-electron chi connectivity index (χ1n) is 8.24. The van der Waals surface area contributed by atoms with Gasteiger partial charge in [0.05, 0.1) is 11.5 Å². The number of likely N-dealkylation sites (tertiary alicyclic amines) is 1. The summed E-state index contributed by atoms with van der Waals surface area (Å²) in [5.74, 6) is -0.507. The lowest BCUT2D eigenvalue weighted by Gasteiger charge is -2.20. The molecule has 0 spiro atoms. The van der Waals surface area contributed by atoms with Gasteiger partial charge in [0.25, 0.3) is 5.91 Å². The fourth-order valence-corrected chi connectivity index (χ4v) is 2.65. The van der Waals surface area contributed by atoms with Crippen LogP contribution in [0, 0.1) is 5.92 Å². The van der Waals surface area contributed by atoms with Crippen molar-refractivity contribution in [3.05, 3.63) is 30.1 Å². The van der Waals surface area contributed by atoms with Crippen LogP contribution in [0.3, 0.4) is 0 Å². The average Bonchev–Trinajstić information content (AvgIpc) is 2.97. The minimum Gasteiger partial charge on any atom is -0.356 e. The van der Waals surface area contributed by atoms with E-state index in [1.807, 2.05) is 13.8 Å². The molecule has 1 aliphatic rings. The summed E-state index contributed by atoms with van der Waals surface area (Å²) in [6.07, 6.45) is 4.03. The first-order chi connectivity index (χ1) is 11.5. The molecule has 0 bridgehead atoms. The third-order valence-electron chi connectivity index (χ3n) is 4.01. The molecule has 1 atom stereocenters. The van der Waals surface area contributed by atoms with E-state index in [4.69, 9.17) is 0 Å². The molecule has 130 valence electrons. The predicted octanol–water partition coefficient (Wildman–Crippen LogP) is 0.575. The number of hydrogen-bond acceptors (Lipinski definition) is 4. The van der Waals surface area contributed by atoms with E-state index < -0.39 is 0 Å². The van der Waals surface area contributed by atoms with Crippen molar-refractivity contribution in [2.24, 2.45) is 5.92 Å². The van der Waals surface area contributed by atoms with Crippen LogP contribution >= 0.6 is 0 Å². The van der Waals surface area contributed by atoms with Crippen LogP contribution in [0.2, 0.25) is 0 Å². The number of amides is 3. The number of rotatable bonds is 7. The number of carbonyl (C=O) groups excluding carboxylic acids is 3. The second-order valence-electron chi connectivity index (χ2n) is 6.18. The maximum atomic E-state index is 12.1. The molecule has 7 heteroatoms. The Morgan fingerprint density at radius 2 is 2.08 bits per heavy atom. The van der Waals surface area contributed by atoms with Crippen molar-refractivity contribution in [3.63, 3.8) is 0 Å². The molecule has 1 unspecified atom stereocenters. The molecule has 0 aromatic carbocycles. The van der Waals surface area contributed by atoms with Crippen molar-refractivity contribution >= 4 is 17.7 Å². The Hall–Kier alpha value is -2.44. The van der Waals surface area contributed by atoms with Gasteiger partial charge in [-0.2, -0.15) is 0 Å². The lowest BCUT2D eigenvalue weighted by molar-refractivity contribution is -0.129. The first-order valence-corrected chi connectivity index (χ1v) is 8.24. The normalized spacial score (nSPS) is 17.2. The van der Waals surface area contributed by atoms with E-state index in [9.17, 15) is 14.4 Å². The molecule has 1 aliphatic heterocycles.